The van der Waals surface area contributed by atoms with Crippen LogP contribution < -0.4 is 18.9 Å². The predicted octanol–water partition coefficient (Wildman–Crippen LogP) is -3.48. The van der Waals surface area contributed by atoms with Crippen LogP contribution in [0.5, 0.6) is 0 Å². The molecule has 0 unspecified atom stereocenters. The normalized spacial score (nSPS) is 0. The van der Waals surface area contributed by atoms with E-state index < -0.39 is 0 Å². The van der Waals surface area contributed by atoms with Gasteiger partial charge in [0.2, 0.25) is 0 Å². The van der Waals surface area contributed by atoms with Crippen LogP contribution in [0.1, 0.15) is 0 Å². The predicted molar refractivity (Wildman–Crippen MR) is 2.75 cm³/mol. The van der Waals surface area contributed by atoms with Gasteiger partial charge in [-0.15, -0.1) is 0 Å². The molecule has 0 saturated heterocycles. The van der Waals surface area contributed by atoms with Gasteiger partial charge in [0.15, 0.2) is 0 Å². The summed E-state index contributed by atoms with van der Waals surface area (Å²) in [6.07, 6.45) is 0. The first kappa shape index (κ1) is 217. The second-order valence-electron chi connectivity index (χ2n) is 0. The third kappa shape index (κ3) is 103. The Morgan fingerprint density at radius 3 is 0.571 bits per heavy atom. The van der Waals surface area contributed by atoms with Crippen LogP contribution in [0.3, 0.4) is 0 Å². The van der Waals surface area contributed by atoms with Gasteiger partial charge < -0.3 is 21.9 Å². The van der Waals surface area contributed by atoms with Crippen molar-refractivity contribution in [1.29, 1.82) is 0 Å². The average Bonchev–Trinajstić information content (AvgIpc) is 0. The second kappa shape index (κ2) is 144. The van der Waals surface area contributed by atoms with E-state index in [2.05, 4.69) is 0 Å². The molecule has 0 bridgehead atoms. The molecule has 4 nitrogen and oxygen atoms in total. The van der Waals surface area contributed by atoms with Gasteiger partial charge in [0, 0.05) is 17.1 Å². The largest absolute Gasteiger partial charge is 3.00 e. The van der Waals surface area contributed by atoms with Crippen LogP contribution in [0.15, 0.2) is 0 Å². The molecule has 0 aromatic rings. The zero-order chi connectivity index (χ0) is 0. The molecule has 0 aromatic carbocycles. The zero-order valence-corrected chi connectivity index (χ0v) is 5.75. The first-order valence-electron chi connectivity index (χ1n) is 0. The molecule has 1 radical (unpaired) electrons. The van der Waals surface area contributed by atoms with E-state index in [0.29, 0.717) is 0 Å². The molecule has 7 heavy (non-hydrogen) atoms. The van der Waals surface area contributed by atoms with Crippen molar-refractivity contribution in [3.05, 3.63) is 0 Å². The molecule has 7 heteroatoms. The second-order valence-corrected chi connectivity index (χ2v) is 0. The van der Waals surface area contributed by atoms with Crippen LogP contribution in [0.4, 0.5) is 0 Å². The van der Waals surface area contributed by atoms with E-state index in [1.54, 1.807) is 0 Å². The van der Waals surface area contributed by atoms with Gasteiger partial charge in [-0.25, -0.2) is 0 Å². The van der Waals surface area contributed by atoms with Gasteiger partial charge in [0.1, 0.15) is 0 Å². The van der Waals surface area contributed by atoms with Crippen molar-refractivity contribution in [3.8, 4) is 0 Å². The summed E-state index contributed by atoms with van der Waals surface area (Å²) in [6.45, 7) is 0. The summed E-state index contributed by atoms with van der Waals surface area (Å²) in [4.78, 5) is 0. The van der Waals surface area contributed by atoms with Gasteiger partial charge in [-0.1, -0.05) is 0 Å². The van der Waals surface area contributed by atoms with Gasteiger partial charge in [0.05, 0.1) is 0 Å². The smallest absolute Gasteiger partial charge is 2.00 e. The fourth-order valence-electron chi connectivity index (χ4n) is 0. The van der Waals surface area contributed by atoms with E-state index in [4.69, 9.17) is 0 Å². The molecule has 43 valence electrons. The maximum Gasteiger partial charge on any atom is 3.00 e. The van der Waals surface area contributed by atoms with Gasteiger partial charge in [-0.05, 0) is 0 Å². The van der Waals surface area contributed by atoms with Crippen LogP contribution in [-0.4, -0.2) is 0 Å². The first-order valence-corrected chi connectivity index (χ1v) is 0. The fraction of sp³-hybridized carbons (Fsp3) is 0. The monoisotopic (exact) mass is 181 g/mol. The molecule has 0 rings (SSSR count). The van der Waals surface area contributed by atoms with Crippen LogP contribution in [0.2, 0.25) is 0 Å². The molecule has 0 aromatic heterocycles. The van der Waals surface area contributed by atoms with Crippen molar-refractivity contribution in [3.63, 3.8) is 0 Å². The zero-order valence-electron chi connectivity index (χ0n) is 3.39. The molecule has 0 saturated carbocycles. The molecule has 0 N–H and O–H groups in total. The van der Waals surface area contributed by atoms with Crippen molar-refractivity contribution >= 4 is 0 Å². The molecule has 0 spiro atoms. The van der Waals surface area contributed by atoms with Crippen molar-refractivity contribution in [2.24, 2.45) is 0 Å². The van der Waals surface area contributed by atoms with Crippen molar-refractivity contribution < 1.29 is 74.9 Å². The molecule has 0 heterocycles. The summed E-state index contributed by atoms with van der Waals surface area (Å²) in [5.74, 6) is 0. The molecular formula is LiMn2O4-4. The number of hydrogen-bond donors (Lipinski definition) is 0. The Labute approximate surface area is 74.8 Å². The van der Waals surface area contributed by atoms with E-state index in [1.807, 2.05) is 0 Å². The Hall–Kier alpha value is 1.48. The minimum Gasteiger partial charge on any atom is -2.00 e. The Bertz CT molecular complexity index is 9.65. The standard InChI is InChI=1S/Li.2Mn.4O/q+1;;+3;4*-2. The van der Waals surface area contributed by atoms with Crippen LogP contribution >= 0.6 is 0 Å². The van der Waals surface area contributed by atoms with Gasteiger partial charge >= 0.3 is 35.9 Å². The van der Waals surface area contributed by atoms with E-state index >= 15 is 0 Å². The maximum atomic E-state index is 0. The quantitative estimate of drug-likeness (QED) is 0.345. The number of hydrogen-bond acceptors (Lipinski definition) is 0. The Morgan fingerprint density at radius 1 is 0.571 bits per heavy atom. The van der Waals surface area contributed by atoms with Crippen molar-refractivity contribution in [1.82, 2.24) is 0 Å². The van der Waals surface area contributed by atoms with Gasteiger partial charge in [0.25, 0.3) is 0 Å². The summed E-state index contributed by atoms with van der Waals surface area (Å²) in [7, 11) is 0. The van der Waals surface area contributed by atoms with Gasteiger partial charge in [-0.2, -0.15) is 0 Å². The van der Waals surface area contributed by atoms with Crippen LogP contribution in [0, 0.1) is 0 Å². The van der Waals surface area contributed by atoms with E-state index in [1.165, 1.54) is 0 Å². The first-order chi connectivity index (χ1) is 0. The third-order valence-corrected chi connectivity index (χ3v) is 0. The summed E-state index contributed by atoms with van der Waals surface area (Å²) < 4.78 is 0. The third-order valence-electron chi connectivity index (χ3n) is 0. The Morgan fingerprint density at radius 2 is 0.571 bits per heavy atom. The average molecular weight is 181 g/mol. The number of rotatable bonds is 0. The van der Waals surface area contributed by atoms with Crippen LogP contribution in [-0.2, 0) is 56.0 Å². The topological polar surface area (TPSA) is 114 Å². The molecule has 0 aliphatic carbocycles. The summed E-state index contributed by atoms with van der Waals surface area (Å²) in [5.41, 5.74) is 0. The van der Waals surface area contributed by atoms with Crippen LogP contribution in [0.25, 0.3) is 0 Å². The molecule has 0 aliphatic rings. The molecule has 0 aliphatic heterocycles. The molecule has 0 fully saturated rings. The fourth-order valence-corrected chi connectivity index (χ4v) is 0. The minimum absolute atomic E-state index is 0. The van der Waals surface area contributed by atoms with E-state index in [-0.39, 0.29) is 74.9 Å². The van der Waals surface area contributed by atoms with Crippen molar-refractivity contribution in [2.45, 2.75) is 0 Å². The summed E-state index contributed by atoms with van der Waals surface area (Å²) >= 11 is 0. The SMILES string of the molecule is [Li+].[Mn+3].[Mn].[O-2].[O-2].[O-2].[O-2]. The van der Waals surface area contributed by atoms with Gasteiger partial charge in [-0.3, -0.25) is 0 Å². The summed E-state index contributed by atoms with van der Waals surface area (Å²) in [5, 5.41) is 0. The van der Waals surface area contributed by atoms with E-state index in [9.17, 15) is 0 Å². The molecule has 0 amide bonds. The Balaban J connectivity index is 0. The van der Waals surface area contributed by atoms with Crippen molar-refractivity contribution in [2.75, 3.05) is 0 Å². The summed E-state index contributed by atoms with van der Waals surface area (Å²) in [6, 6.07) is 0. The Kier molecular flexibility index (Phi) is 4470. The maximum absolute atomic E-state index is 0. The molecular weight excluding hydrogens is 181 g/mol. The molecule has 0 atom stereocenters. The van der Waals surface area contributed by atoms with E-state index in [0.717, 1.165) is 0 Å². The minimum atomic E-state index is 0.